The number of amides is 2. The van der Waals surface area contributed by atoms with Crippen LogP contribution in [0.2, 0.25) is 0 Å². The summed E-state index contributed by atoms with van der Waals surface area (Å²) >= 11 is 0. The highest BCUT2D eigenvalue weighted by atomic mass is 16.6. The van der Waals surface area contributed by atoms with Gasteiger partial charge in [-0.25, -0.2) is 14.4 Å². The smallest absolute Gasteiger partial charge is 0.413 e. The number of carbonyl (C=O) groups excluding carboxylic acids is 4. The van der Waals surface area contributed by atoms with Crippen LogP contribution in [-0.4, -0.2) is 82.0 Å². The SMILES string of the molecule is COC(=O)[C@]1(C(=O)[C@@H]2COC3(CCCCC3)N2C(=O)OC(C)(C)C)CC[C@H](C=C(C)C)N1C(=O)OC(C)(C)C. The van der Waals surface area contributed by atoms with Crippen molar-refractivity contribution in [2.24, 2.45) is 0 Å². The molecule has 3 atom stereocenters. The summed E-state index contributed by atoms with van der Waals surface area (Å²) in [5.41, 5.74) is -3.77. The van der Waals surface area contributed by atoms with E-state index in [0.717, 1.165) is 24.8 Å². The first kappa shape index (κ1) is 30.9. The van der Waals surface area contributed by atoms with Crippen molar-refractivity contribution in [3.8, 4) is 0 Å². The maximum atomic E-state index is 14.7. The van der Waals surface area contributed by atoms with E-state index >= 15 is 0 Å². The number of ketones is 1. The van der Waals surface area contributed by atoms with Crippen molar-refractivity contribution in [1.29, 1.82) is 0 Å². The van der Waals surface area contributed by atoms with Crippen molar-refractivity contribution in [2.75, 3.05) is 13.7 Å². The predicted octanol–water partition coefficient (Wildman–Crippen LogP) is 5.13. The number of likely N-dealkylation sites (tertiary alicyclic amines) is 1. The summed E-state index contributed by atoms with van der Waals surface area (Å²) in [4.78, 5) is 58.3. The predicted molar refractivity (Wildman–Crippen MR) is 144 cm³/mol. The van der Waals surface area contributed by atoms with E-state index in [1.54, 1.807) is 41.5 Å². The molecule has 3 fully saturated rings. The zero-order chi connectivity index (χ0) is 29.4. The van der Waals surface area contributed by atoms with Crippen molar-refractivity contribution < 1.29 is 38.1 Å². The average molecular weight is 551 g/mol. The Morgan fingerprint density at radius 2 is 1.38 bits per heavy atom. The molecule has 39 heavy (non-hydrogen) atoms. The highest BCUT2D eigenvalue weighted by Gasteiger charge is 2.66. The number of hydrogen-bond donors (Lipinski definition) is 0. The monoisotopic (exact) mass is 550 g/mol. The summed E-state index contributed by atoms with van der Waals surface area (Å²) in [6, 6.07) is -1.72. The number of esters is 1. The third kappa shape index (κ3) is 6.26. The number of methoxy groups -OCH3 is 1. The van der Waals surface area contributed by atoms with Crippen LogP contribution >= 0.6 is 0 Å². The lowest BCUT2D eigenvalue weighted by Gasteiger charge is -2.44. The maximum absolute atomic E-state index is 14.7. The first-order chi connectivity index (χ1) is 18.0. The Hall–Kier alpha value is -2.62. The molecule has 2 amide bonds. The molecule has 1 spiro atoms. The molecule has 0 bridgehead atoms. The number of ether oxygens (including phenoxy) is 4. The minimum Gasteiger partial charge on any atom is -0.467 e. The fraction of sp³-hybridized carbons (Fsp3) is 0.793. The Balaban J connectivity index is 2.14. The summed E-state index contributed by atoms with van der Waals surface area (Å²) in [6.45, 7) is 14.1. The topological polar surface area (TPSA) is 112 Å². The molecule has 0 unspecified atom stereocenters. The second-order valence-corrected chi connectivity index (χ2v) is 13.1. The van der Waals surface area contributed by atoms with E-state index in [-0.39, 0.29) is 13.0 Å². The fourth-order valence-corrected chi connectivity index (χ4v) is 5.97. The zero-order valence-corrected chi connectivity index (χ0v) is 25.0. The minimum atomic E-state index is -2.00. The lowest BCUT2D eigenvalue weighted by Crippen LogP contribution is -2.67. The third-order valence-corrected chi connectivity index (χ3v) is 7.38. The quantitative estimate of drug-likeness (QED) is 0.205. The second kappa shape index (κ2) is 11.1. The van der Waals surface area contributed by atoms with Gasteiger partial charge in [0, 0.05) is 0 Å². The van der Waals surface area contributed by atoms with Gasteiger partial charge < -0.3 is 18.9 Å². The maximum Gasteiger partial charge on any atom is 0.413 e. The van der Waals surface area contributed by atoms with Gasteiger partial charge in [-0.2, -0.15) is 0 Å². The Bertz CT molecular complexity index is 998. The first-order valence-electron chi connectivity index (χ1n) is 13.9. The standard InChI is InChI=1S/C29H46N2O8/c1-19(2)17-20-13-16-29(23(33)36-9,30(20)24(34)38-26(3,4)5)22(32)21-18-37-28(14-11-10-12-15-28)31(21)25(35)39-27(6,7)8/h17,20-21H,10-16,18H2,1-9H3/t20-,21+,29-/m1/s1. The Morgan fingerprint density at radius 1 is 0.846 bits per heavy atom. The van der Waals surface area contributed by atoms with Crippen LogP contribution in [0, 0.1) is 0 Å². The van der Waals surface area contributed by atoms with Crippen LogP contribution in [-0.2, 0) is 28.5 Å². The van der Waals surface area contributed by atoms with Gasteiger partial charge in [-0.05, 0) is 93.9 Å². The van der Waals surface area contributed by atoms with Crippen LogP contribution < -0.4 is 0 Å². The molecule has 2 saturated heterocycles. The highest BCUT2D eigenvalue weighted by Crippen LogP contribution is 2.45. The number of rotatable bonds is 4. The highest BCUT2D eigenvalue weighted by molar-refractivity contribution is 6.14. The molecule has 0 N–H and O–H groups in total. The molecule has 3 aliphatic rings. The van der Waals surface area contributed by atoms with Crippen LogP contribution in [0.5, 0.6) is 0 Å². The lowest BCUT2D eigenvalue weighted by atomic mass is 9.85. The van der Waals surface area contributed by atoms with Crippen molar-refractivity contribution >= 4 is 23.9 Å². The molecule has 2 heterocycles. The Kier molecular flexibility index (Phi) is 8.80. The van der Waals surface area contributed by atoms with Gasteiger partial charge in [-0.1, -0.05) is 18.1 Å². The molecular weight excluding hydrogens is 504 g/mol. The van der Waals surface area contributed by atoms with Gasteiger partial charge in [0.05, 0.1) is 19.8 Å². The number of carbonyl (C=O) groups is 4. The second-order valence-electron chi connectivity index (χ2n) is 13.1. The van der Waals surface area contributed by atoms with Crippen LogP contribution in [0.1, 0.15) is 100 Å². The normalized spacial score (nSPS) is 26.8. The van der Waals surface area contributed by atoms with E-state index < -0.39 is 58.5 Å². The Morgan fingerprint density at radius 3 is 1.87 bits per heavy atom. The zero-order valence-electron chi connectivity index (χ0n) is 25.0. The minimum absolute atomic E-state index is 0.0256. The molecule has 0 aromatic carbocycles. The summed E-state index contributed by atoms with van der Waals surface area (Å²) in [6.07, 6.45) is 4.50. The summed E-state index contributed by atoms with van der Waals surface area (Å²) in [7, 11) is 1.19. The molecule has 1 aliphatic carbocycles. The van der Waals surface area contributed by atoms with Gasteiger partial charge in [0.1, 0.15) is 23.0 Å². The van der Waals surface area contributed by atoms with Crippen molar-refractivity contribution in [3.05, 3.63) is 11.6 Å². The van der Waals surface area contributed by atoms with E-state index in [9.17, 15) is 19.2 Å². The number of hydrogen-bond acceptors (Lipinski definition) is 8. The Labute approximate surface area is 232 Å². The van der Waals surface area contributed by atoms with E-state index in [1.807, 2.05) is 19.9 Å². The lowest BCUT2D eigenvalue weighted by molar-refractivity contribution is -0.161. The van der Waals surface area contributed by atoms with Crippen LogP contribution in [0.15, 0.2) is 11.6 Å². The van der Waals surface area contributed by atoms with E-state index in [4.69, 9.17) is 18.9 Å². The van der Waals surface area contributed by atoms with Crippen molar-refractivity contribution in [2.45, 2.75) is 135 Å². The van der Waals surface area contributed by atoms with Crippen molar-refractivity contribution in [3.63, 3.8) is 0 Å². The molecule has 1 saturated carbocycles. The van der Waals surface area contributed by atoms with E-state index in [2.05, 4.69) is 0 Å². The summed E-state index contributed by atoms with van der Waals surface area (Å²) in [5.74, 6) is -1.49. The molecule has 220 valence electrons. The van der Waals surface area contributed by atoms with E-state index in [0.29, 0.717) is 19.3 Å². The number of nitrogens with zero attached hydrogens (tertiary/aromatic N) is 2. The molecule has 10 heteroatoms. The number of Topliss-reactive ketones (excluding diaryl/α,β-unsaturated/α-hetero) is 1. The van der Waals surface area contributed by atoms with Gasteiger partial charge in [0.2, 0.25) is 5.54 Å². The molecule has 3 rings (SSSR count). The molecule has 10 nitrogen and oxygen atoms in total. The van der Waals surface area contributed by atoms with Gasteiger partial charge in [-0.15, -0.1) is 0 Å². The molecule has 0 radical (unpaired) electrons. The van der Waals surface area contributed by atoms with Crippen LogP contribution in [0.4, 0.5) is 9.59 Å². The van der Waals surface area contributed by atoms with Crippen molar-refractivity contribution in [1.82, 2.24) is 9.80 Å². The molecule has 2 aliphatic heterocycles. The van der Waals surface area contributed by atoms with Gasteiger partial charge in [-0.3, -0.25) is 14.6 Å². The summed E-state index contributed by atoms with van der Waals surface area (Å²) < 4.78 is 22.9. The van der Waals surface area contributed by atoms with Crippen LogP contribution in [0.3, 0.4) is 0 Å². The molecule has 0 aromatic rings. The average Bonchev–Trinajstić information content (AvgIpc) is 3.35. The van der Waals surface area contributed by atoms with Gasteiger partial charge >= 0.3 is 18.2 Å². The third-order valence-electron chi connectivity index (χ3n) is 7.38. The first-order valence-corrected chi connectivity index (χ1v) is 13.9. The fourth-order valence-electron chi connectivity index (χ4n) is 5.97. The van der Waals surface area contributed by atoms with E-state index in [1.165, 1.54) is 16.9 Å². The van der Waals surface area contributed by atoms with Crippen LogP contribution in [0.25, 0.3) is 0 Å². The number of allylic oxidation sites excluding steroid dienone is 1. The molecule has 0 aromatic heterocycles. The van der Waals surface area contributed by atoms with Gasteiger partial charge in [0.25, 0.3) is 0 Å². The summed E-state index contributed by atoms with van der Waals surface area (Å²) in [5, 5.41) is 0. The largest absolute Gasteiger partial charge is 0.467 e. The molecular formula is C29H46N2O8. The van der Waals surface area contributed by atoms with Gasteiger partial charge in [0.15, 0.2) is 5.78 Å².